The number of aliphatic hydroxyl groups excluding tert-OH is 4. The summed E-state index contributed by atoms with van der Waals surface area (Å²) in [7, 11) is 0. The van der Waals surface area contributed by atoms with Gasteiger partial charge in [-0.05, 0) is 6.92 Å². The molecule has 0 aliphatic carbocycles. The monoisotopic (exact) mass is 194 g/mol. The van der Waals surface area contributed by atoms with Crippen LogP contribution in [0.2, 0.25) is 0 Å². The number of hydrogen-bond acceptors (Lipinski definition) is 5. The third-order valence-electron chi connectivity index (χ3n) is 1.33. The van der Waals surface area contributed by atoms with Gasteiger partial charge in [0.1, 0.15) is 18.3 Å². The molecule has 0 aromatic heterocycles. The highest BCUT2D eigenvalue weighted by atomic mass is 16.4. The van der Waals surface area contributed by atoms with Crippen molar-refractivity contribution in [3.63, 3.8) is 0 Å². The molecule has 0 amide bonds. The molecule has 5 nitrogen and oxygen atoms in total. The average Bonchev–Trinajstić information content (AvgIpc) is 2.17. The van der Waals surface area contributed by atoms with Crippen molar-refractivity contribution in [2.45, 2.75) is 45.2 Å². The molecule has 0 aliphatic rings. The minimum Gasteiger partial charge on any atom is -0.391 e. The van der Waals surface area contributed by atoms with E-state index in [1.165, 1.54) is 6.92 Å². The largest absolute Gasteiger partial charge is 0.391 e. The van der Waals surface area contributed by atoms with E-state index in [2.05, 4.69) is 0 Å². The molecule has 4 unspecified atom stereocenters. The summed E-state index contributed by atoms with van der Waals surface area (Å²) in [6, 6.07) is 0. The zero-order chi connectivity index (χ0) is 11.0. The first-order chi connectivity index (χ1) is 6.00. The highest BCUT2D eigenvalue weighted by molar-refractivity contribution is 5.56. The molecular weight excluding hydrogens is 176 g/mol. The maximum Gasteiger partial charge on any atom is 0.151 e. The summed E-state index contributed by atoms with van der Waals surface area (Å²) >= 11 is 0. The first-order valence-corrected chi connectivity index (χ1v) is 4.18. The number of carbonyl (C=O) groups is 1. The highest BCUT2D eigenvalue weighted by Gasteiger charge is 2.27. The first-order valence-electron chi connectivity index (χ1n) is 4.18. The molecule has 0 saturated carbocycles. The van der Waals surface area contributed by atoms with Crippen molar-refractivity contribution >= 4 is 6.29 Å². The Balaban J connectivity index is 0. The van der Waals surface area contributed by atoms with Crippen LogP contribution in [-0.2, 0) is 4.79 Å². The highest BCUT2D eigenvalue weighted by Crippen LogP contribution is 2.02. The fourth-order valence-electron chi connectivity index (χ4n) is 0.568. The van der Waals surface area contributed by atoms with Crippen LogP contribution in [0.25, 0.3) is 0 Å². The number of aldehydes is 1. The lowest BCUT2D eigenvalue weighted by Crippen LogP contribution is -2.43. The topological polar surface area (TPSA) is 98.0 Å². The molecule has 4 atom stereocenters. The third-order valence-corrected chi connectivity index (χ3v) is 1.33. The van der Waals surface area contributed by atoms with Gasteiger partial charge in [0, 0.05) is 0 Å². The minimum atomic E-state index is -1.65. The van der Waals surface area contributed by atoms with Gasteiger partial charge in [-0.25, -0.2) is 0 Å². The number of hydrogen-bond donors (Lipinski definition) is 4. The normalized spacial score (nSPS) is 19.0. The molecule has 5 heteroatoms. The lowest BCUT2D eigenvalue weighted by Gasteiger charge is -2.21. The quantitative estimate of drug-likeness (QED) is 0.416. The van der Waals surface area contributed by atoms with Gasteiger partial charge in [-0.15, -0.1) is 0 Å². The van der Waals surface area contributed by atoms with Gasteiger partial charge in [-0.2, -0.15) is 0 Å². The van der Waals surface area contributed by atoms with Gasteiger partial charge in [-0.3, -0.25) is 0 Å². The van der Waals surface area contributed by atoms with E-state index >= 15 is 0 Å². The molecule has 0 radical (unpaired) electrons. The third kappa shape index (κ3) is 5.70. The van der Waals surface area contributed by atoms with Crippen LogP contribution in [0.15, 0.2) is 0 Å². The molecule has 13 heavy (non-hydrogen) atoms. The van der Waals surface area contributed by atoms with Gasteiger partial charge < -0.3 is 25.2 Å². The summed E-state index contributed by atoms with van der Waals surface area (Å²) in [5, 5.41) is 35.1. The molecule has 0 fully saturated rings. The van der Waals surface area contributed by atoms with E-state index in [9.17, 15) is 4.79 Å². The van der Waals surface area contributed by atoms with Gasteiger partial charge >= 0.3 is 0 Å². The van der Waals surface area contributed by atoms with Crippen molar-refractivity contribution < 1.29 is 25.2 Å². The fourth-order valence-corrected chi connectivity index (χ4v) is 0.568. The second-order valence-electron chi connectivity index (χ2n) is 2.35. The second kappa shape index (κ2) is 8.12. The summed E-state index contributed by atoms with van der Waals surface area (Å²) in [5.74, 6) is 0. The van der Waals surface area contributed by atoms with Crippen molar-refractivity contribution in [3.8, 4) is 0 Å². The summed E-state index contributed by atoms with van der Waals surface area (Å²) in [5.41, 5.74) is 0. The fraction of sp³-hybridized carbons (Fsp3) is 0.875. The van der Waals surface area contributed by atoms with Crippen LogP contribution in [0.5, 0.6) is 0 Å². The Labute approximate surface area is 77.6 Å². The maximum atomic E-state index is 9.87. The van der Waals surface area contributed by atoms with Gasteiger partial charge in [0.05, 0.1) is 6.10 Å². The molecule has 0 aromatic rings. The van der Waals surface area contributed by atoms with E-state index < -0.39 is 24.4 Å². The zero-order valence-corrected chi connectivity index (χ0v) is 8.08. The van der Waals surface area contributed by atoms with Gasteiger partial charge in [0.15, 0.2) is 6.29 Å². The van der Waals surface area contributed by atoms with Crippen molar-refractivity contribution in [1.82, 2.24) is 0 Å². The van der Waals surface area contributed by atoms with E-state index in [4.69, 9.17) is 20.4 Å². The summed E-state index contributed by atoms with van der Waals surface area (Å²) < 4.78 is 0. The molecule has 0 heterocycles. The van der Waals surface area contributed by atoms with Crippen LogP contribution < -0.4 is 0 Å². The minimum absolute atomic E-state index is 0.0935. The number of rotatable bonds is 4. The predicted octanol–water partition coefficient (Wildman–Crippen LogP) is -1.33. The van der Waals surface area contributed by atoms with Gasteiger partial charge in [0.2, 0.25) is 0 Å². The average molecular weight is 194 g/mol. The van der Waals surface area contributed by atoms with Crippen LogP contribution in [0.1, 0.15) is 20.8 Å². The van der Waals surface area contributed by atoms with Crippen LogP contribution in [0, 0.1) is 0 Å². The van der Waals surface area contributed by atoms with E-state index in [-0.39, 0.29) is 6.29 Å². The van der Waals surface area contributed by atoms with E-state index in [0.717, 1.165) is 0 Å². The Morgan fingerprint density at radius 1 is 1.00 bits per heavy atom. The molecule has 0 aromatic carbocycles. The SMILES string of the molecule is CC.CC(O)C(O)C(O)C(O)C=O. The summed E-state index contributed by atoms with van der Waals surface area (Å²) in [4.78, 5) is 9.87. The molecule has 0 bridgehead atoms. The van der Waals surface area contributed by atoms with E-state index in [1.54, 1.807) is 0 Å². The number of carbonyl (C=O) groups excluding carboxylic acids is 1. The Bertz CT molecular complexity index is 126. The Morgan fingerprint density at radius 3 is 1.62 bits per heavy atom. The van der Waals surface area contributed by atoms with Crippen molar-refractivity contribution in [2.24, 2.45) is 0 Å². The molecule has 80 valence electrons. The smallest absolute Gasteiger partial charge is 0.151 e. The molecule has 4 N–H and O–H groups in total. The first kappa shape index (κ1) is 15.0. The maximum absolute atomic E-state index is 9.87. The molecule has 0 rings (SSSR count). The van der Waals surface area contributed by atoms with Gasteiger partial charge in [0.25, 0.3) is 0 Å². The van der Waals surface area contributed by atoms with Crippen LogP contribution in [0.4, 0.5) is 0 Å². The van der Waals surface area contributed by atoms with Crippen LogP contribution in [0.3, 0.4) is 0 Å². The van der Waals surface area contributed by atoms with Gasteiger partial charge in [-0.1, -0.05) is 13.8 Å². The summed E-state index contributed by atoms with van der Waals surface area (Å²) in [6.45, 7) is 5.24. The van der Waals surface area contributed by atoms with Crippen molar-refractivity contribution in [1.29, 1.82) is 0 Å². The van der Waals surface area contributed by atoms with Crippen LogP contribution >= 0.6 is 0 Å². The summed E-state index contributed by atoms with van der Waals surface area (Å²) in [6.07, 6.45) is -5.88. The van der Waals surface area contributed by atoms with E-state index in [1.807, 2.05) is 13.8 Å². The Hall–Kier alpha value is -0.490. The lowest BCUT2D eigenvalue weighted by molar-refractivity contribution is -0.132. The molecular formula is C8H18O5. The molecule has 0 spiro atoms. The number of aliphatic hydroxyl groups is 4. The molecule has 0 aliphatic heterocycles. The predicted molar refractivity (Wildman–Crippen MR) is 47.1 cm³/mol. The molecule has 0 saturated heterocycles. The zero-order valence-electron chi connectivity index (χ0n) is 8.08. The van der Waals surface area contributed by atoms with Crippen molar-refractivity contribution in [2.75, 3.05) is 0 Å². The lowest BCUT2D eigenvalue weighted by atomic mass is 10.1. The Morgan fingerprint density at radius 2 is 1.38 bits per heavy atom. The standard InChI is InChI=1S/C6H12O5.C2H6/c1-3(8)5(10)6(11)4(9)2-7;1-2/h2-6,8-11H,1H3;1-2H3. The Kier molecular flexibility index (Phi) is 9.38. The van der Waals surface area contributed by atoms with E-state index in [0.29, 0.717) is 0 Å². The van der Waals surface area contributed by atoms with Crippen molar-refractivity contribution in [3.05, 3.63) is 0 Å². The van der Waals surface area contributed by atoms with Crippen LogP contribution in [-0.4, -0.2) is 51.1 Å². The second-order valence-corrected chi connectivity index (χ2v) is 2.35.